The summed E-state index contributed by atoms with van der Waals surface area (Å²) < 4.78 is 5.91. The van der Waals surface area contributed by atoms with Crippen molar-refractivity contribution in [3.05, 3.63) is 34.4 Å². The summed E-state index contributed by atoms with van der Waals surface area (Å²) in [6.45, 7) is 2.19. The summed E-state index contributed by atoms with van der Waals surface area (Å²) in [5.41, 5.74) is 1.49. The van der Waals surface area contributed by atoms with Gasteiger partial charge < -0.3 is 9.72 Å². The number of halogens is 1. The van der Waals surface area contributed by atoms with Crippen LogP contribution in [0.4, 0.5) is 0 Å². The Bertz CT molecular complexity index is 504. The Kier molecular flexibility index (Phi) is 2.77. The lowest BCUT2D eigenvalue weighted by Gasteiger charge is -2.01. The van der Waals surface area contributed by atoms with Gasteiger partial charge in [0.15, 0.2) is 0 Å². The second-order valence-electron chi connectivity index (χ2n) is 3.12. The van der Waals surface area contributed by atoms with Gasteiger partial charge in [-0.2, -0.15) is 0 Å². The monoisotopic (exact) mass is 267 g/mol. The van der Waals surface area contributed by atoms with Gasteiger partial charge in [-0.25, -0.2) is 4.79 Å². The summed E-state index contributed by atoms with van der Waals surface area (Å²) in [4.78, 5) is 14.5. The first-order chi connectivity index (χ1) is 7.22. The lowest BCUT2D eigenvalue weighted by Crippen LogP contribution is -2.03. The maximum absolute atomic E-state index is 11.4. The summed E-state index contributed by atoms with van der Waals surface area (Å²) in [5.74, 6) is -0.287. The molecule has 0 aliphatic heterocycles. The molecule has 15 heavy (non-hydrogen) atoms. The van der Waals surface area contributed by atoms with E-state index in [1.807, 2.05) is 12.3 Å². The number of hydrogen-bond donors (Lipinski definition) is 1. The van der Waals surface area contributed by atoms with E-state index in [4.69, 9.17) is 4.74 Å². The molecule has 3 nitrogen and oxygen atoms in total. The van der Waals surface area contributed by atoms with Gasteiger partial charge in [0.1, 0.15) is 0 Å². The Morgan fingerprint density at radius 2 is 2.33 bits per heavy atom. The molecule has 0 atom stereocenters. The minimum absolute atomic E-state index is 0.287. The fraction of sp³-hybridized carbons (Fsp3) is 0.182. The van der Waals surface area contributed by atoms with Gasteiger partial charge in [-0.15, -0.1) is 0 Å². The van der Waals surface area contributed by atoms with Crippen molar-refractivity contribution in [2.45, 2.75) is 6.92 Å². The number of benzene rings is 1. The lowest BCUT2D eigenvalue weighted by atomic mass is 10.2. The number of nitrogens with one attached hydrogen (secondary N) is 1. The number of aromatic amines is 1. The highest BCUT2D eigenvalue weighted by atomic mass is 79.9. The van der Waals surface area contributed by atoms with Crippen LogP contribution in [-0.4, -0.2) is 17.6 Å². The molecule has 0 saturated carbocycles. The molecular weight excluding hydrogens is 258 g/mol. The van der Waals surface area contributed by atoms with E-state index in [1.165, 1.54) is 0 Å². The lowest BCUT2D eigenvalue weighted by molar-refractivity contribution is 0.0526. The summed E-state index contributed by atoms with van der Waals surface area (Å²) >= 11 is 3.41. The normalized spacial score (nSPS) is 10.5. The van der Waals surface area contributed by atoms with Crippen molar-refractivity contribution in [1.29, 1.82) is 0 Å². The van der Waals surface area contributed by atoms with Crippen LogP contribution in [0.3, 0.4) is 0 Å². The predicted molar refractivity (Wildman–Crippen MR) is 62.0 cm³/mol. The van der Waals surface area contributed by atoms with E-state index >= 15 is 0 Å². The van der Waals surface area contributed by atoms with Gasteiger partial charge in [0, 0.05) is 21.6 Å². The van der Waals surface area contributed by atoms with Gasteiger partial charge in [0.25, 0.3) is 0 Å². The van der Waals surface area contributed by atoms with Crippen molar-refractivity contribution in [2.75, 3.05) is 6.61 Å². The van der Waals surface area contributed by atoms with Crippen LogP contribution in [0.2, 0.25) is 0 Å². The van der Waals surface area contributed by atoms with Gasteiger partial charge in [0.2, 0.25) is 0 Å². The minimum atomic E-state index is -0.287. The number of H-pyrrole nitrogens is 1. The van der Waals surface area contributed by atoms with Gasteiger partial charge in [-0.1, -0.05) is 6.07 Å². The van der Waals surface area contributed by atoms with Crippen LogP contribution < -0.4 is 0 Å². The Hall–Kier alpha value is -1.29. The number of aromatic nitrogens is 1. The fourth-order valence-electron chi connectivity index (χ4n) is 1.43. The summed E-state index contributed by atoms with van der Waals surface area (Å²) in [6, 6.07) is 5.44. The average Bonchev–Trinajstić information content (AvgIpc) is 2.60. The third-order valence-corrected chi connectivity index (χ3v) is 2.80. The Morgan fingerprint density at radius 3 is 3.07 bits per heavy atom. The number of rotatable bonds is 2. The molecule has 4 heteroatoms. The highest BCUT2D eigenvalue weighted by Gasteiger charge is 2.08. The number of esters is 1. The standard InChI is InChI=1S/C11H10BrNO2/c1-2-15-11(14)7-3-4-8-9(12)6-13-10(8)5-7/h3-6,13H,2H2,1H3. The Balaban J connectivity index is 2.43. The van der Waals surface area contributed by atoms with E-state index in [1.54, 1.807) is 19.1 Å². The number of fused-ring (bicyclic) bond motifs is 1. The van der Waals surface area contributed by atoms with Crippen molar-refractivity contribution in [3.8, 4) is 0 Å². The molecular formula is C11H10BrNO2. The van der Waals surface area contributed by atoms with E-state index < -0.39 is 0 Å². The molecule has 1 aromatic heterocycles. The van der Waals surface area contributed by atoms with Crippen molar-refractivity contribution in [1.82, 2.24) is 4.98 Å². The molecule has 0 spiro atoms. The SMILES string of the molecule is CCOC(=O)c1ccc2c(Br)c[nH]c2c1. The van der Waals surface area contributed by atoms with Crippen LogP contribution in [-0.2, 0) is 4.74 Å². The first-order valence-corrected chi connectivity index (χ1v) is 5.45. The molecule has 0 aliphatic carbocycles. The molecule has 0 aliphatic rings. The summed E-state index contributed by atoms with van der Waals surface area (Å²) in [5, 5.41) is 1.06. The van der Waals surface area contributed by atoms with Gasteiger partial charge in [0.05, 0.1) is 12.2 Å². The van der Waals surface area contributed by atoms with E-state index in [2.05, 4.69) is 20.9 Å². The van der Waals surface area contributed by atoms with E-state index in [0.29, 0.717) is 12.2 Å². The number of ether oxygens (including phenoxy) is 1. The van der Waals surface area contributed by atoms with Gasteiger partial charge >= 0.3 is 5.97 Å². The number of hydrogen-bond acceptors (Lipinski definition) is 2. The predicted octanol–water partition coefficient (Wildman–Crippen LogP) is 3.11. The minimum Gasteiger partial charge on any atom is -0.462 e. The fourth-order valence-corrected chi connectivity index (χ4v) is 1.89. The molecule has 1 heterocycles. The summed E-state index contributed by atoms with van der Waals surface area (Å²) in [6.07, 6.45) is 1.85. The highest BCUT2D eigenvalue weighted by molar-refractivity contribution is 9.10. The second-order valence-corrected chi connectivity index (χ2v) is 3.97. The molecule has 78 valence electrons. The van der Waals surface area contributed by atoms with Crippen LogP contribution in [0.1, 0.15) is 17.3 Å². The van der Waals surface area contributed by atoms with Crippen LogP contribution in [0, 0.1) is 0 Å². The van der Waals surface area contributed by atoms with E-state index in [9.17, 15) is 4.79 Å². The zero-order valence-electron chi connectivity index (χ0n) is 8.21. The molecule has 1 aromatic carbocycles. The van der Waals surface area contributed by atoms with Crippen molar-refractivity contribution in [3.63, 3.8) is 0 Å². The van der Waals surface area contributed by atoms with Crippen molar-refractivity contribution >= 4 is 32.8 Å². The van der Waals surface area contributed by atoms with Gasteiger partial charge in [-0.05, 0) is 35.0 Å². The number of carbonyl (C=O) groups is 1. The first-order valence-electron chi connectivity index (χ1n) is 4.66. The van der Waals surface area contributed by atoms with Gasteiger partial charge in [-0.3, -0.25) is 0 Å². The third kappa shape index (κ3) is 1.90. The van der Waals surface area contributed by atoms with E-state index in [-0.39, 0.29) is 5.97 Å². The second kappa shape index (κ2) is 4.06. The summed E-state index contributed by atoms with van der Waals surface area (Å²) in [7, 11) is 0. The molecule has 0 bridgehead atoms. The average molecular weight is 268 g/mol. The van der Waals surface area contributed by atoms with Crippen molar-refractivity contribution in [2.24, 2.45) is 0 Å². The first kappa shape index (κ1) is 10.2. The zero-order chi connectivity index (χ0) is 10.8. The van der Waals surface area contributed by atoms with Crippen LogP contribution in [0.5, 0.6) is 0 Å². The third-order valence-electron chi connectivity index (χ3n) is 2.14. The topological polar surface area (TPSA) is 42.1 Å². The van der Waals surface area contributed by atoms with Crippen LogP contribution in [0.15, 0.2) is 28.9 Å². The zero-order valence-corrected chi connectivity index (χ0v) is 9.80. The highest BCUT2D eigenvalue weighted by Crippen LogP contribution is 2.24. The molecule has 0 amide bonds. The quantitative estimate of drug-likeness (QED) is 0.850. The Labute approximate surface area is 95.6 Å². The number of carbonyl (C=O) groups excluding carboxylic acids is 1. The maximum Gasteiger partial charge on any atom is 0.338 e. The molecule has 2 aromatic rings. The van der Waals surface area contributed by atoms with Crippen molar-refractivity contribution < 1.29 is 9.53 Å². The van der Waals surface area contributed by atoms with Crippen LogP contribution in [0.25, 0.3) is 10.9 Å². The largest absolute Gasteiger partial charge is 0.462 e. The molecule has 2 rings (SSSR count). The molecule has 0 radical (unpaired) electrons. The molecule has 0 fully saturated rings. The van der Waals surface area contributed by atoms with Crippen LogP contribution >= 0.6 is 15.9 Å². The molecule has 1 N–H and O–H groups in total. The molecule has 0 unspecified atom stereocenters. The smallest absolute Gasteiger partial charge is 0.338 e. The maximum atomic E-state index is 11.4. The van der Waals surface area contributed by atoms with E-state index in [0.717, 1.165) is 15.4 Å². The Morgan fingerprint density at radius 1 is 1.53 bits per heavy atom. The molecule has 0 saturated heterocycles.